The van der Waals surface area contributed by atoms with Gasteiger partial charge in [0.2, 0.25) is 0 Å². The SMILES string of the molecule is CC(C)(Oc1ccc(C(C)(C)C)cc1)C(=O)Cl. The minimum atomic E-state index is -0.995. The van der Waals surface area contributed by atoms with E-state index in [1.807, 2.05) is 24.3 Å². The minimum Gasteiger partial charge on any atom is -0.479 e. The molecule has 2 nitrogen and oxygen atoms in total. The Hall–Kier alpha value is -1.02. The highest BCUT2D eigenvalue weighted by Gasteiger charge is 2.28. The van der Waals surface area contributed by atoms with Crippen LogP contribution in [0.4, 0.5) is 0 Å². The smallest absolute Gasteiger partial charge is 0.264 e. The maximum atomic E-state index is 11.1. The Morgan fingerprint density at radius 3 is 1.88 bits per heavy atom. The molecule has 1 rings (SSSR count). The predicted octanol–water partition coefficient (Wildman–Crippen LogP) is 3.91. The molecule has 0 aliphatic heterocycles. The van der Waals surface area contributed by atoms with Crippen molar-refractivity contribution in [2.24, 2.45) is 0 Å². The van der Waals surface area contributed by atoms with Crippen LogP contribution in [0.15, 0.2) is 24.3 Å². The largest absolute Gasteiger partial charge is 0.479 e. The van der Waals surface area contributed by atoms with Crippen molar-refractivity contribution in [3.05, 3.63) is 29.8 Å². The quantitative estimate of drug-likeness (QED) is 0.765. The van der Waals surface area contributed by atoms with E-state index in [1.165, 1.54) is 5.56 Å². The van der Waals surface area contributed by atoms with Crippen molar-refractivity contribution in [3.8, 4) is 5.75 Å². The molecule has 1 aromatic carbocycles. The van der Waals surface area contributed by atoms with Crippen molar-refractivity contribution in [2.75, 3.05) is 0 Å². The lowest BCUT2D eigenvalue weighted by Gasteiger charge is -2.23. The highest BCUT2D eigenvalue weighted by atomic mass is 35.5. The average Bonchev–Trinajstić information content (AvgIpc) is 2.16. The lowest BCUT2D eigenvalue weighted by molar-refractivity contribution is -0.123. The summed E-state index contributed by atoms with van der Waals surface area (Å²) >= 11 is 5.46. The molecular formula is C14H19ClO2. The van der Waals surface area contributed by atoms with Gasteiger partial charge in [0.1, 0.15) is 5.75 Å². The Bertz CT molecular complexity index is 399. The van der Waals surface area contributed by atoms with Crippen LogP contribution in [0, 0.1) is 0 Å². The van der Waals surface area contributed by atoms with Gasteiger partial charge in [0.15, 0.2) is 5.60 Å². The summed E-state index contributed by atoms with van der Waals surface area (Å²) in [5.41, 5.74) is 0.334. The van der Waals surface area contributed by atoms with E-state index in [0.717, 1.165) is 0 Å². The normalized spacial score (nSPS) is 12.4. The summed E-state index contributed by atoms with van der Waals surface area (Å²) in [5, 5.41) is -0.502. The number of rotatable bonds is 3. The first-order valence-corrected chi connectivity index (χ1v) is 6.00. The van der Waals surface area contributed by atoms with Crippen LogP contribution in [0.2, 0.25) is 0 Å². The first-order chi connectivity index (χ1) is 7.63. The Kier molecular flexibility index (Phi) is 3.88. The van der Waals surface area contributed by atoms with Gasteiger partial charge < -0.3 is 4.74 Å². The van der Waals surface area contributed by atoms with E-state index in [2.05, 4.69) is 20.8 Å². The average molecular weight is 255 g/mol. The molecule has 0 saturated heterocycles. The van der Waals surface area contributed by atoms with E-state index in [-0.39, 0.29) is 5.41 Å². The fourth-order valence-corrected chi connectivity index (χ4v) is 1.40. The van der Waals surface area contributed by atoms with Gasteiger partial charge in [0.05, 0.1) is 0 Å². The van der Waals surface area contributed by atoms with Gasteiger partial charge in [-0.15, -0.1) is 0 Å². The molecule has 0 radical (unpaired) electrons. The Balaban J connectivity index is 2.86. The van der Waals surface area contributed by atoms with Crippen molar-refractivity contribution in [2.45, 2.75) is 45.6 Å². The molecule has 0 saturated carbocycles. The molecule has 17 heavy (non-hydrogen) atoms. The molecule has 0 atom stereocenters. The van der Waals surface area contributed by atoms with E-state index in [1.54, 1.807) is 13.8 Å². The van der Waals surface area contributed by atoms with Gasteiger partial charge in [-0.3, -0.25) is 4.79 Å². The Labute approximate surface area is 108 Å². The Morgan fingerprint density at radius 2 is 1.53 bits per heavy atom. The summed E-state index contributed by atoms with van der Waals surface area (Å²) in [4.78, 5) is 11.1. The number of hydrogen-bond donors (Lipinski definition) is 0. The second-order valence-electron chi connectivity index (χ2n) is 5.66. The van der Waals surface area contributed by atoms with Gasteiger partial charge in [-0.25, -0.2) is 0 Å². The van der Waals surface area contributed by atoms with Crippen molar-refractivity contribution < 1.29 is 9.53 Å². The third kappa shape index (κ3) is 3.74. The number of hydrogen-bond acceptors (Lipinski definition) is 2. The van der Waals surface area contributed by atoms with Crippen LogP contribution >= 0.6 is 11.6 Å². The van der Waals surface area contributed by atoms with E-state index in [9.17, 15) is 4.79 Å². The summed E-state index contributed by atoms with van der Waals surface area (Å²) in [5.74, 6) is 0.650. The highest BCUT2D eigenvalue weighted by molar-refractivity contribution is 6.65. The van der Waals surface area contributed by atoms with Crippen LogP contribution in [0.3, 0.4) is 0 Å². The van der Waals surface area contributed by atoms with Crippen molar-refractivity contribution in [3.63, 3.8) is 0 Å². The third-order valence-electron chi connectivity index (χ3n) is 2.57. The summed E-state index contributed by atoms with van der Waals surface area (Å²) < 4.78 is 5.55. The van der Waals surface area contributed by atoms with E-state index in [4.69, 9.17) is 16.3 Å². The van der Waals surface area contributed by atoms with Crippen LogP contribution in [0.1, 0.15) is 40.2 Å². The molecule has 0 aliphatic rings. The van der Waals surface area contributed by atoms with Crippen LogP contribution in [-0.4, -0.2) is 10.8 Å². The zero-order valence-corrected chi connectivity index (χ0v) is 11.8. The summed E-state index contributed by atoms with van der Waals surface area (Å²) in [7, 11) is 0. The van der Waals surface area contributed by atoms with Gasteiger partial charge in [-0.05, 0) is 48.6 Å². The van der Waals surface area contributed by atoms with Gasteiger partial charge in [0.25, 0.3) is 5.24 Å². The summed E-state index contributed by atoms with van der Waals surface area (Å²) in [6.45, 7) is 9.75. The van der Waals surface area contributed by atoms with E-state index in [0.29, 0.717) is 5.75 Å². The zero-order valence-electron chi connectivity index (χ0n) is 11.0. The molecule has 0 heterocycles. The number of carbonyl (C=O) groups excluding carboxylic acids is 1. The van der Waals surface area contributed by atoms with Gasteiger partial charge in [-0.2, -0.15) is 0 Å². The molecule has 0 bridgehead atoms. The van der Waals surface area contributed by atoms with Crippen LogP contribution < -0.4 is 4.74 Å². The summed E-state index contributed by atoms with van der Waals surface area (Å²) in [6, 6.07) is 7.73. The fraction of sp³-hybridized carbons (Fsp3) is 0.500. The fourth-order valence-electron chi connectivity index (χ4n) is 1.36. The second-order valence-corrected chi connectivity index (χ2v) is 6.00. The molecule has 0 unspecified atom stereocenters. The minimum absolute atomic E-state index is 0.107. The molecular weight excluding hydrogens is 236 g/mol. The van der Waals surface area contributed by atoms with Crippen molar-refractivity contribution in [1.82, 2.24) is 0 Å². The zero-order chi connectivity index (χ0) is 13.3. The molecule has 0 amide bonds. The molecule has 3 heteroatoms. The standard InChI is InChI=1S/C14H19ClO2/c1-13(2,3)10-6-8-11(9-7-10)17-14(4,5)12(15)16/h6-9H,1-5H3. The predicted molar refractivity (Wildman–Crippen MR) is 70.7 cm³/mol. The van der Waals surface area contributed by atoms with Gasteiger partial charge in [0, 0.05) is 0 Å². The number of halogens is 1. The van der Waals surface area contributed by atoms with Crippen LogP contribution in [0.5, 0.6) is 5.75 Å². The molecule has 0 N–H and O–H groups in total. The van der Waals surface area contributed by atoms with E-state index >= 15 is 0 Å². The number of benzene rings is 1. The molecule has 0 spiro atoms. The van der Waals surface area contributed by atoms with Crippen LogP contribution in [0.25, 0.3) is 0 Å². The maximum Gasteiger partial charge on any atom is 0.264 e. The Morgan fingerprint density at radius 1 is 1.06 bits per heavy atom. The topological polar surface area (TPSA) is 26.3 Å². The van der Waals surface area contributed by atoms with Crippen molar-refractivity contribution in [1.29, 1.82) is 0 Å². The van der Waals surface area contributed by atoms with Crippen LogP contribution in [-0.2, 0) is 10.2 Å². The van der Waals surface area contributed by atoms with E-state index < -0.39 is 10.8 Å². The monoisotopic (exact) mass is 254 g/mol. The molecule has 0 aromatic heterocycles. The number of carbonyl (C=O) groups is 1. The molecule has 0 aliphatic carbocycles. The number of ether oxygens (including phenoxy) is 1. The third-order valence-corrected chi connectivity index (χ3v) is 3.02. The van der Waals surface area contributed by atoms with Crippen molar-refractivity contribution >= 4 is 16.8 Å². The molecule has 1 aromatic rings. The van der Waals surface area contributed by atoms with Gasteiger partial charge in [-0.1, -0.05) is 32.9 Å². The second kappa shape index (κ2) is 4.69. The summed E-state index contributed by atoms with van der Waals surface area (Å²) in [6.07, 6.45) is 0. The lowest BCUT2D eigenvalue weighted by atomic mass is 9.87. The highest BCUT2D eigenvalue weighted by Crippen LogP contribution is 2.26. The lowest BCUT2D eigenvalue weighted by Crippen LogP contribution is -2.34. The first kappa shape index (κ1) is 14.0. The maximum absolute atomic E-state index is 11.1. The first-order valence-electron chi connectivity index (χ1n) is 5.62. The molecule has 0 fully saturated rings. The molecule has 94 valence electrons. The van der Waals surface area contributed by atoms with Gasteiger partial charge >= 0.3 is 0 Å².